The number of hydrogen-bond acceptors (Lipinski definition) is 3. The summed E-state index contributed by atoms with van der Waals surface area (Å²) in [6.45, 7) is 4.21. The van der Waals surface area contributed by atoms with Gasteiger partial charge >= 0.3 is 0 Å². The number of aromatic nitrogens is 1. The van der Waals surface area contributed by atoms with Crippen molar-refractivity contribution in [2.24, 2.45) is 0 Å². The van der Waals surface area contributed by atoms with Crippen molar-refractivity contribution in [1.29, 1.82) is 0 Å². The first-order valence-electron chi connectivity index (χ1n) is 5.03. The lowest BCUT2D eigenvalue weighted by molar-refractivity contribution is 0.866. The summed E-state index contributed by atoms with van der Waals surface area (Å²) in [5.41, 5.74) is 14.3. The van der Waals surface area contributed by atoms with E-state index < -0.39 is 0 Å². The van der Waals surface area contributed by atoms with Crippen LogP contribution in [0.25, 0.3) is 10.9 Å². The van der Waals surface area contributed by atoms with Gasteiger partial charge in [-0.25, -0.2) is 4.98 Å². The minimum Gasteiger partial charge on any atom is -0.399 e. The highest BCUT2D eigenvalue weighted by atomic mass is 14.8. The highest BCUT2D eigenvalue weighted by Gasteiger charge is 2.07. The lowest BCUT2D eigenvalue weighted by atomic mass is 10.0. The Morgan fingerprint density at radius 2 is 1.87 bits per heavy atom. The maximum Gasteiger partial charge on any atom is 0.127 e. The van der Waals surface area contributed by atoms with Crippen molar-refractivity contribution >= 4 is 22.4 Å². The molecule has 3 heteroatoms. The van der Waals surface area contributed by atoms with Gasteiger partial charge in [-0.2, -0.15) is 0 Å². The van der Waals surface area contributed by atoms with Gasteiger partial charge in [0.1, 0.15) is 5.82 Å². The third kappa shape index (κ3) is 1.73. The molecule has 0 saturated carbocycles. The largest absolute Gasteiger partial charge is 0.399 e. The summed E-state index contributed by atoms with van der Waals surface area (Å²) < 4.78 is 0. The van der Waals surface area contributed by atoms with E-state index in [1.807, 2.05) is 18.2 Å². The molecule has 0 fully saturated rings. The van der Waals surface area contributed by atoms with Gasteiger partial charge in [0, 0.05) is 11.1 Å². The zero-order valence-corrected chi connectivity index (χ0v) is 8.99. The average Bonchev–Trinajstić information content (AvgIpc) is 2.17. The summed E-state index contributed by atoms with van der Waals surface area (Å²) >= 11 is 0. The first-order chi connectivity index (χ1) is 7.08. The maximum absolute atomic E-state index is 5.88. The molecule has 15 heavy (non-hydrogen) atoms. The SMILES string of the molecule is CC(C)c1cc2cc(N)ccc2nc1N. The Morgan fingerprint density at radius 3 is 2.53 bits per heavy atom. The van der Waals surface area contributed by atoms with E-state index in [0.717, 1.165) is 22.2 Å². The predicted molar refractivity (Wildman–Crippen MR) is 64.7 cm³/mol. The molecule has 0 aliphatic heterocycles. The van der Waals surface area contributed by atoms with E-state index in [4.69, 9.17) is 11.5 Å². The topological polar surface area (TPSA) is 64.9 Å². The van der Waals surface area contributed by atoms with Crippen LogP contribution in [0.4, 0.5) is 11.5 Å². The minimum atomic E-state index is 0.378. The molecule has 1 aromatic heterocycles. The molecule has 0 aliphatic carbocycles. The van der Waals surface area contributed by atoms with Gasteiger partial charge in [0.05, 0.1) is 5.52 Å². The van der Waals surface area contributed by atoms with Crippen LogP contribution in [0.5, 0.6) is 0 Å². The molecule has 4 N–H and O–H groups in total. The first kappa shape index (κ1) is 9.77. The molecule has 78 valence electrons. The number of hydrogen-bond donors (Lipinski definition) is 2. The Balaban J connectivity index is 2.72. The van der Waals surface area contributed by atoms with Gasteiger partial charge in [0.25, 0.3) is 0 Å². The fourth-order valence-electron chi connectivity index (χ4n) is 1.69. The van der Waals surface area contributed by atoms with Crippen LogP contribution in [0.3, 0.4) is 0 Å². The second-order valence-corrected chi connectivity index (χ2v) is 4.07. The molecule has 1 heterocycles. The molecule has 0 aliphatic rings. The number of nitrogens with two attached hydrogens (primary N) is 2. The van der Waals surface area contributed by atoms with E-state index in [0.29, 0.717) is 11.7 Å². The lowest BCUT2D eigenvalue weighted by Crippen LogP contribution is -2.00. The number of pyridine rings is 1. The van der Waals surface area contributed by atoms with Crippen LogP contribution in [0, 0.1) is 0 Å². The third-order valence-corrected chi connectivity index (χ3v) is 2.52. The fourth-order valence-corrected chi connectivity index (χ4v) is 1.69. The van der Waals surface area contributed by atoms with Crippen molar-refractivity contribution in [2.45, 2.75) is 19.8 Å². The van der Waals surface area contributed by atoms with Crippen LogP contribution in [0.2, 0.25) is 0 Å². The van der Waals surface area contributed by atoms with Crippen molar-refractivity contribution in [2.75, 3.05) is 11.5 Å². The Morgan fingerprint density at radius 1 is 1.13 bits per heavy atom. The Bertz CT molecular complexity index is 503. The summed E-state index contributed by atoms with van der Waals surface area (Å²) in [5, 5.41) is 1.05. The van der Waals surface area contributed by atoms with Crippen LogP contribution in [0.15, 0.2) is 24.3 Å². The molecule has 0 radical (unpaired) electrons. The highest BCUT2D eigenvalue weighted by Crippen LogP contribution is 2.25. The van der Waals surface area contributed by atoms with Crippen molar-refractivity contribution in [3.8, 4) is 0 Å². The highest BCUT2D eigenvalue weighted by molar-refractivity contribution is 5.84. The van der Waals surface area contributed by atoms with E-state index in [2.05, 4.69) is 24.9 Å². The van der Waals surface area contributed by atoms with Crippen molar-refractivity contribution in [3.05, 3.63) is 29.8 Å². The summed E-state index contributed by atoms with van der Waals surface area (Å²) in [6, 6.07) is 7.72. The molecule has 0 spiro atoms. The van der Waals surface area contributed by atoms with Gasteiger partial charge < -0.3 is 11.5 Å². The molecule has 3 nitrogen and oxygen atoms in total. The van der Waals surface area contributed by atoms with Crippen LogP contribution in [-0.4, -0.2) is 4.98 Å². The quantitative estimate of drug-likeness (QED) is 0.697. The normalized spacial score (nSPS) is 11.1. The number of rotatable bonds is 1. The minimum absolute atomic E-state index is 0.378. The molecule has 0 bridgehead atoms. The van der Waals surface area contributed by atoms with E-state index in [1.54, 1.807) is 0 Å². The lowest BCUT2D eigenvalue weighted by Gasteiger charge is -2.10. The van der Waals surface area contributed by atoms with Crippen molar-refractivity contribution in [3.63, 3.8) is 0 Å². The molecule has 0 amide bonds. The first-order valence-corrected chi connectivity index (χ1v) is 5.03. The molecule has 0 unspecified atom stereocenters. The Kier molecular flexibility index (Phi) is 2.23. The number of nitrogen functional groups attached to an aromatic ring is 2. The van der Waals surface area contributed by atoms with Gasteiger partial charge in [0.2, 0.25) is 0 Å². The van der Waals surface area contributed by atoms with Gasteiger partial charge in [0.15, 0.2) is 0 Å². The molecule has 0 saturated heterocycles. The Hall–Kier alpha value is -1.77. The monoisotopic (exact) mass is 201 g/mol. The molecule has 2 rings (SSSR count). The van der Waals surface area contributed by atoms with Crippen molar-refractivity contribution in [1.82, 2.24) is 4.98 Å². The number of anilines is 2. The van der Waals surface area contributed by atoms with Gasteiger partial charge in [-0.05, 0) is 35.7 Å². The molecular formula is C12H15N3. The van der Waals surface area contributed by atoms with Gasteiger partial charge in [-0.15, -0.1) is 0 Å². The molecular weight excluding hydrogens is 186 g/mol. The fraction of sp³-hybridized carbons (Fsp3) is 0.250. The van der Waals surface area contributed by atoms with E-state index in [-0.39, 0.29) is 0 Å². The summed E-state index contributed by atoms with van der Waals surface area (Å²) in [4.78, 5) is 4.36. The van der Waals surface area contributed by atoms with Crippen LogP contribution in [0.1, 0.15) is 25.3 Å². The summed E-state index contributed by atoms with van der Waals surface area (Å²) in [6.07, 6.45) is 0. The standard InChI is InChI=1S/C12H15N3/c1-7(2)10-6-8-5-9(13)3-4-11(8)15-12(10)14/h3-7H,13H2,1-2H3,(H2,14,15). The summed E-state index contributed by atoms with van der Waals surface area (Å²) in [5.74, 6) is 0.991. The second kappa shape index (κ2) is 3.42. The Labute approximate surface area is 89.1 Å². The number of benzene rings is 1. The van der Waals surface area contributed by atoms with Gasteiger partial charge in [-0.1, -0.05) is 13.8 Å². The average molecular weight is 201 g/mol. The number of fused-ring (bicyclic) bond motifs is 1. The van der Waals surface area contributed by atoms with Crippen molar-refractivity contribution < 1.29 is 0 Å². The molecule has 0 atom stereocenters. The van der Waals surface area contributed by atoms with Gasteiger partial charge in [-0.3, -0.25) is 0 Å². The van der Waals surface area contributed by atoms with Crippen LogP contribution >= 0.6 is 0 Å². The van der Waals surface area contributed by atoms with E-state index in [1.165, 1.54) is 0 Å². The smallest absolute Gasteiger partial charge is 0.127 e. The van der Waals surface area contributed by atoms with E-state index >= 15 is 0 Å². The summed E-state index contributed by atoms with van der Waals surface area (Å²) in [7, 11) is 0. The zero-order chi connectivity index (χ0) is 11.0. The van der Waals surface area contributed by atoms with E-state index in [9.17, 15) is 0 Å². The third-order valence-electron chi connectivity index (χ3n) is 2.52. The zero-order valence-electron chi connectivity index (χ0n) is 8.99. The molecule has 1 aromatic carbocycles. The van der Waals surface area contributed by atoms with Crippen LogP contribution in [-0.2, 0) is 0 Å². The maximum atomic E-state index is 5.88. The predicted octanol–water partition coefficient (Wildman–Crippen LogP) is 2.52. The second-order valence-electron chi connectivity index (χ2n) is 4.07. The van der Waals surface area contributed by atoms with Crippen LogP contribution < -0.4 is 11.5 Å². The molecule has 2 aromatic rings. The number of nitrogens with zero attached hydrogens (tertiary/aromatic N) is 1.